The fourth-order valence-corrected chi connectivity index (χ4v) is 3.16. The maximum absolute atomic E-state index is 12.5. The summed E-state index contributed by atoms with van der Waals surface area (Å²) in [6.45, 7) is 7.45. The summed E-state index contributed by atoms with van der Waals surface area (Å²) in [6.07, 6.45) is 0. The van der Waals surface area contributed by atoms with Crippen LogP contribution < -0.4 is 10.1 Å². The van der Waals surface area contributed by atoms with Crippen LogP contribution in [0.4, 0.5) is 5.88 Å². The lowest BCUT2D eigenvalue weighted by Gasteiger charge is -2.12. The number of nitrogens with zero attached hydrogens (tertiary/aromatic N) is 1. The molecule has 0 saturated carbocycles. The number of amides is 1. The first kappa shape index (κ1) is 22.4. The normalized spacial score (nSPS) is 10.6. The first-order valence-corrected chi connectivity index (χ1v) is 10.1. The molecule has 0 aliphatic rings. The number of hydrogen-bond acceptors (Lipinski definition) is 6. The number of ether oxygens (including phenoxy) is 2. The summed E-state index contributed by atoms with van der Waals surface area (Å²) in [5.74, 6) is -0.634. The van der Waals surface area contributed by atoms with E-state index in [4.69, 9.17) is 25.6 Å². The summed E-state index contributed by atoms with van der Waals surface area (Å²) < 4.78 is 16.1. The van der Waals surface area contributed by atoms with Gasteiger partial charge in [-0.3, -0.25) is 10.1 Å². The number of rotatable bonds is 7. The van der Waals surface area contributed by atoms with Crippen LogP contribution in [-0.4, -0.2) is 30.2 Å². The predicted octanol–water partition coefficient (Wildman–Crippen LogP) is 5.11. The summed E-state index contributed by atoms with van der Waals surface area (Å²) in [7, 11) is 0. The number of aromatic nitrogens is 1. The van der Waals surface area contributed by atoms with Gasteiger partial charge in [0, 0.05) is 10.6 Å². The summed E-state index contributed by atoms with van der Waals surface area (Å²) in [4.78, 5) is 25.0. The molecule has 2 aromatic carbocycles. The summed E-state index contributed by atoms with van der Waals surface area (Å²) in [5, 5.41) is 7.04. The smallest absolute Gasteiger partial charge is 0.346 e. The van der Waals surface area contributed by atoms with E-state index in [1.165, 1.54) is 0 Å². The van der Waals surface area contributed by atoms with E-state index in [9.17, 15) is 9.59 Å². The zero-order valence-electron chi connectivity index (χ0n) is 17.7. The minimum Gasteiger partial charge on any atom is -0.483 e. The zero-order valence-corrected chi connectivity index (χ0v) is 18.5. The molecule has 0 spiro atoms. The second kappa shape index (κ2) is 9.66. The summed E-state index contributed by atoms with van der Waals surface area (Å²) >= 11 is 5.93. The molecule has 0 unspecified atom stereocenters. The van der Waals surface area contributed by atoms with Crippen molar-refractivity contribution >= 4 is 29.4 Å². The van der Waals surface area contributed by atoms with Crippen LogP contribution in [0.2, 0.25) is 5.02 Å². The molecule has 0 aliphatic heterocycles. The van der Waals surface area contributed by atoms with Crippen LogP contribution >= 0.6 is 11.6 Å². The fourth-order valence-electron chi connectivity index (χ4n) is 3.03. The molecule has 1 heterocycles. The highest BCUT2D eigenvalue weighted by Gasteiger charge is 2.26. The Kier molecular flexibility index (Phi) is 6.97. The number of carbonyl (C=O) groups is 2. The third-order valence-electron chi connectivity index (χ3n) is 4.67. The highest BCUT2D eigenvalue weighted by atomic mass is 35.5. The van der Waals surface area contributed by atoms with E-state index in [1.807, 2.05) is 32.9 Å². The number of carbonyl (C=O) groups excluding carboxylic acids is 2. The Hall–Kier alpha value is -3.32. The van der Waals surface area contributed by atoms with Crippen LogP contribution in [0.25, 0.3) is 11.3 Å². The van der Waals surface area contributed by atoms with Crippen LogP contribution in [-0.2, 0) is 9.53 Å². The Labute approximate surface area is 185 Å². The third-order valence-corrected chi connectivity index (χ3v) is 4.92. The van der Waals surface area contributed by atoms with Gasteiger partial charge in [0.05, 0.1) is 6.61 Å². The van der Waals surface area contributed by atoms with Gasteiger partial charge in [-0.2, -0.15) is 0 Å². The molecule has 1 aromatic heterocycles. The van der Waals surface area contributed by atoms with Crippen LogP contribution in [0.3, 0.4) is 0 Å². The van der Waals surface area contributed by atoms with Crippen LogP contribution in [0, 0.1) is 20.8 Å². The van der Waals surface area contributed by atoms with E-state index < -0.39 is 11.9 Å². The van der Waals surface area contributed by atoms with Gasteiger partial charge < -0.3 is 14.0 Å². The topological polar surface area (TPSA) is 90.7 Å². The van der Waals surface area contributed by atoms with E-state index >= 15 is 0 Å². The van der Waals surface area contributed by atoms with Gasteiger partial charge in [0.15, 0.2) is 12.2 Å². The van der Waals surface area contributed by atoms with Gasteiger partial charge in [-0.05, 0) is 62.6 Å². The third kappa shape index (κ3) is 5.24. The number of hydrogen-bond donors (Lipinski definition) is 1. The molecule has 0 fully saturated rings. The minimum atomic E-state index is -0.657. The maximum Gasteiger partial charge on any atom is 0.346 e. The standard InChI is InChI=1S/C23H23ClN2O5/c1-5-29-23(28)20-21(16-6-8-17(24)9-7-16)26-31-22(20)25-19(27)12-30-18-11-13(2)10-14(3)15(18)4/h6-11H,5,12H2,1-4H3,(H,25,27). The molecular weight excluding hydrogens is 420 g/mol. The average molecular weight is 443 g/mol. The molecule has 162 valence electrons. The summed E-state index contributed by atoms with van der Waals surface area (Å²) in [6, 6.07) is 10.6. The van der Waals surface area contributed by atoms with Crippen molar-refractivity contribution in [1.82, 2.24) is 5.16 Å². The predicted molar refractivity (Wildman–Crippen MR) is 118 cm³/mol. The lowest BCUT2D eigenvalue weighted by atomic mass is 10.1. The van der Waals surface area contributed by atoms with E-state index in [-0.39, 0.29) is 30.4 Å². The Bertz CT molecular complexity index is 1110. The molecule has 0 radical (unpaired) electrons. The Morgan fingerprint density at radius 3 is 2.52 bits per heavy atom. The van der Waals surface area contributed by atoms with Crippen LogP contribution in [0.5, 0.6) is 5.75 Å². The fraction of sp³-hybridized carbons (Fsp3) is 0.261. The van der Waals surface area contributed by atoms with Crippen molar-refractivity contribution < 1.29 is 23.6 Å². The van der Waals surface area contributed by atoms with Crippen LogP contribution in [0.1, 0.15) is 34.0 Å². The van der Waals surface area contributed by atoms with Gasteiger partial charge in [-0.1, -0.05) is 35.0 Å². The first-order valence-electron chi connectivity index (χ1n) is 9.73. The molecule has 0 saturated heterocycles. The average Bonchev–Trinajstić information content (AvgIpc) is 3.13. The second-order valence-electron chi connectivity index (χ2n) is 7.00. The number of nitrogens with one attached hydrogen (secondary N) is 1. The molecule has 8 heteroatoms. The van der Waals surface area contributed by atoms with E-state index in [0.29, 0.717) is 16.3 Å². The van der Waals surface area contributed by atoms with Crippen molar-refractivity contribution in [1.29, 1.82) is 0 Å². The van der Waals surface area contributed by atoms with Crippen molar-refractivity contribution in [3.05, 3.63) is 63.7 Å². The Morgan fingerprint density at radius 1 is 1.13 bits per heavy atom. The molecule has 1 amide bonds. The molecule has 3 aromatic rings. The van der Waals surface area contributed by atoms with Gasteiger partial charge in [0.1, 0.15) is 11.4 Å². The van der Waals surface area contributed by atoms with Gasteiger partial charge in [0.25, 0.3) is 5.91 Å². The quantitative estimate of drug-likeness (QED) is 0.511. The molecule has 0 atom stereocenters. The Morgan fingerprint density at radius 2 is 1.84 bits per heavy atom. The molecule has 7 nitrogen and oxygen atoms in total. The van der Waals surface area contributed by atoms with Crippen molar-refractivity contribution in [3.8, 4) is 17.0 Å². The molecule has 0 aliphatic carbocycles. The van der Waals surface area contributed by atoms with Crippen molar-refractivity contribution in [2.45, 2.75) is 27.7 Å². The highest BCUT2D eigenvalue weighted by molar-refractivity contribution is 6.30. The van der Waals surface area contributed by atoms with Crippen molar-refractivity contribution in [2.75, 3.05) is 18.5 Å². The van der Waals surface area contributed by atoms with Crippen molar-refractivity contribution in [2.24, 2.45) is 0 Å². The molecule has 0 bridgehead atoms. The van der Waals surface area contributed by atoms with Gasteiger partial charge in [-0.25, -0.2) is 4.79 Å². The van der Waals surface area contributed by atoms with Crippen LogP contribution in [0.15, 0.2) is 40.9 Å². The molecular formula is C23H23ClN2O5. The Balaban J connectivity index is 1.81. The second-order valence-corrected chi connectivity index (χ2v) is 7.44. The maximum atomic E-state index is 12.5. The van der Waals surface area contributed by atoms with E-state index in [1.54, 1.807) is 31.2 Å². The summed E-state index contributed by atoms with van der Waals surface area (Å²) in [5.41, 5.74) is 3.93. The lowest BCUT2D eigenvalue weighted by Crippen LogP contribution is -2.21. The number of benzene rings is 2. The monoisotopic (exact) mass is 442 g/mol. The number of aryl methyl sites for hydroxylation is 2. The molecule has 1 N–H and O–H groups in total. The van der Waals surface area contributed by atoms with Gasteiger partial charge in [-0.15, -0.1) is 0 Å². The molecule has 3 rings (SSSR count). The van der Waals surface area contributed by atoms with Crippen molar-refractivity contribution in [3.63, 3.8) is 0 Å². The highest BCUT2D eigenvalue weighted by Crippen LogP contribution is 2.30. The number of esters is 1. The minimum absolute atomic E-state index is 0.0279. The number of halogens is 1. The first-order chi connectivity index (χ1) is 14.8. The zero-order chi connectivity index (χ0) is 22.5. The van der Waals surface area contributed by atoms with E-state index in [0.717, 1.165) is 16.7 Å². The largest absolute Gasteiger partial charge is 0.483 e. The number of anilines is 1. The molecule has 31 heavy (non-hydrogen) atoms. The van der Waals surface area contributed by atoms with E-state index in [2.05, 4.69) is 10.5 Å². The lowest BCUT2D eigenvalue weighted by molar-refractivity contribution is -0.118. The van der Waals surface area contributed by atoms with Gasteiger partial charge in [0.2, 0.25) is 5.88 Å². The van der Waals surface area contributed by atoms with Gasteiger partial charge >= 0.3 is 5.97 Å². The SMILES string of the molecule is CCOC(=O)c1c(-c2ccc(Cl)cc2)noc1NC(=O)COc1cc(C)cc(C)c1C.